The molecule has 2 aliphatic rings. The van der Waals surface area contributed by atoms with Gasteiger partial charge in [-0.15, -0.1) is 10.2 Å². The van der Waals surface area contributed by atoms with Crippen LogP contribution in [0.5, 0.6) is 0 Å². The molecule has 0 spiro atoms. The van der Waals surface area contributed by atoms with Crippen LogP contribution < -0.4 is 18.6 Å². The van der Waals surface area contributed by atoms with Gasteiger partial charge in [-0.1, -0.05) is 55.0 Å². The Labute approximate surface area is 155 Å². The molecule has 1 heterocycles. The number of nitrogens with zero attached hydrogens (tertiary/aromatic N) is 1. The van der Waals surface area contributed by atoms with Crippen molar-refractivity contribution in [2.45, 2.75) is 45.2 Å². The maximum Gasteiger partial charge on any atom is 0.169 e. The Morgan fingerprint density at radius 3 is 1.54 bits per heavy atom. The summed E-state index contributed by atoms with van der Waals surface area (Å²) in [7, 11) is -4.94. The molecule has 2 aromatic carbocycles. The van der Waals surface area contributed by atoms with Gasteiger partial charge < -0.3 is 0 Å². The molecular weight excluding hydrogens is 354 g/mol. The van der Waals surface area contributed by atoms with Crippen molar-refractivity contribution >= 4 is 5.71 Å². The van der Waals surface area contributed by atoms with Gasteiger partial charge in [0.05, 0.1) is 0 Å². The maximum absolute atomic E-state index is 8.49. The summed E-state index contributed by atoms with van der Waals surface area (Å²) in [6, 6.07) is 17.8. The summed E-state index contributed by atoms with van der Waals surface area (Å²) < 4.78 is 36.6. The molecule has 0 saturated heterocycles. The fourth-order valence-electron chi connectivity index (χ4n) is 3.81. The number of hydrogen-bond donors (Lipinski definition) is 0. The van der Waals surface area contributed by atoms with Crippen LogP contribution in [0.25, 0.3) is 11.1 Å². The first-order valence-electron chi connectivity index (χ1n) is 8.79. The van der Waals surface area contributed by atoms with Gasteiger partial charge in [-0.3, -0.25) is 0 Å². The molecule has 0 radical (unpaired) electrons. The van der Waals surface area contributed by atoms with Crippen molar-refractivity contribution in [1.82, 2.24) is 0 Å². The van der Waals surface area contributed by atoms with Crippen molar-refractivity contribution in [3.63, 3.8) is 0 Å². The summed E-state index contributed by atoms with van der Waals surface area (Å²) in [5.41, 5.74) is 7.47. The van der Waals surface area contributed by atoms with Gasteiger partial charge in [0.15, 0.2) is 18.8 Å². The highest BCUT2D eigenvalue weighted by molar-refractivity contribution is 5.80. The number of hydrogen-bond acceptors (Lipinski definition) is 4. The summed E-state index contributed by atoms with van der Waals surface area (Å²) in [5.74, 6) is 0. The van der Waals surface area contributed by atoms with Crippen LogP contribution in [0.4, 0.5) is 0 Å². The summed E-state index contributed by atoms with van der Waals surface area (Å²) >= 11 is 0. The molecule has 6 heteroatoms. The van der Waals surface area contributed by atoms with E-state index < -0.39 is 10.2 Å². The van der Waals surface area contributed by atoms with Gasteiger partial charge in [0, 0.05) is 24.0 Å². The third-order valence-corrected chi connectivity index (χ3v) is 4.93. The highest BCUT2D eigenvalue weighted by Gasteiger charge is 2.24. The fraction of sp³-hybridized carbons (Fsp3) is 0.350. The van der Waals surface area contributed by atoms with Crippen molar-refractivity contribution in [2.75, 3.05) is 0 Å². The Kier molecular flexibility index (Phi) is 6.06. The van der Waals surface area contributed by atoms with Crippen molar-refractivity contribution in [1.29, 1.82) is 0 Å². The number of halogens is 1. The molecule has 1 aliphatic carbocycles. The predicted octanol–water partition coefficient (Wildman–Crippen LogP) is 0.0288. The lowest BCUT2D eigenvalue weighted by atomic mass is 9.97. The molecule has 0 atom stereocenters. The minimum atomic E-state index is -4.94. The zero-order chi connectivity index (χ0) is 18.6. The quantitative estimate of drug-likeness (QED) is 0.607. The van der Waals surface area contributed by atoms with Crippen molar-refractivity contribution in [3.8, 4) is 11.1 Å². The van der Waals surface area contributed by atoms with Gasteiger partial charge >= 0.3 is 0 Å². The molecule has 0 unspecified atom stereocenters. The Hall–Kier alpha value is -1.76. The van der Waals surface area contributed by atoms with E-state index in [2.05, 4.69) is 53.1 Å². The summed E-state index contributed by atoms with van der Waals surface area (Å²) in [6.45, 7) is 2.14. The van der Waals surface area contributed by atoms with Crippen LogP contribution in [0, 0.1) is 10.2 Å². The number of rotatable bonds is 0. The smallest absolute Gasteiger partial charge is 0.169 e. The van der Waals surface area contributed by atoms with Crippen LogP contribution in [0.1, 0.15) is 43.2 Å². The molecule has 0 bridgehead atoms. The van der Waals surface area contributed by atoms with Crippen LogP contribution in [0.3, 0.4) is 0 Å². The van der Waals surface area contributed by atoms with Gasteiger partial charge in [-0.05, 0) is 24.0 Å². The van der Waals surface area contributed by atoms with Gasteiger partial charge in [-0.2, -0.15) is 0 Å². The third kappa shape index (κ3) is 5.13. The van der Waals surface area contributed by atoms with E-state index in [0.717, 1.165) is 13.1 Å². The van der Waals surface area contributed by atoms with Crippen molar-refractivity contribution in [2.24, 2.45) is 0 Å². The number of fused-ring (bicyclic) bond motifs is 3. The Bertz CT molecular complexity index is 735. The van der Waals surface area contributed by atoms with Gasteiger partial charge in [0.25, 0.3) is 0 Å². The van der Waals surface area contributed by atoms with E-state index in [1.165, 1.54) is 54.4 Å². The van der Waals surface area contributed by atoms with E-state index in [1.807, 2.05) is 0 Å². The van der Waals surface area contributed by atoms with E-state index in [4.69, 9.17) is 18.6 Å². The van der Waals surface area contributed by atoms with Gasteiger partial charge in [-0.25, -0.2) is 23.2 Å². The van der Waals surface area contributed by atoms with Gasteiger partial charge in [0.1, 0.15) is 0 Å². The van der Waals surface area contributed by atoms with E-state index in [0.29, 0.717) is 0 Å². The molecule has 2 aromatic rings. The van der Waals surface area contributed by atoms with E-state index in [1.54, 1.807) is 5.71 Å². The maximum atomic E-state index is 8.49. The largest absolute Gasteiger partial charge is 0.228 e. The summed E-state index contributed by atoms with van der Waals surface area (Å²) in [4.78, 5) is 0. The average Bonchev–Trinajstić information content (AvgIpc) is 2.78. The average molecular weight is 376 g/mol. The second-order valence-corrected chi connectivity index (χ2v) is 7.43. The zero-order valence-electron chi connectivity index (χ0n) is 14.5. The lowest BCUT2D eigenvalue weighted by molar-refractivity contribution is -2.00. The molecule has 5 nitrogen and oxygen atoms in total. The van der Waals surface area contributed by atoms with E-state index >= 15 is 0 Å². The molecule has 1 fully saturated rings. The Morgan fingerprint density at radius 2 is 1.08 bits per heavy atom. The topological polar surface area (TPSA) is 95.2 Å². The SMILES string of the molecule is [O-][Cl+3]([O-])([O-])[O-].c1ccc2c(c1)C[N+](=C1CCCCC1)Cc1ccccc1-2. The highest BCUT2D eigenvalue weighted by atomic mass is 35.7. The molecule has 0 N–H and O–H groups in total. The molecule has 0 aromatic heterocycles. The monoisotopic (exact) mass is 375 g/mol. The normalized spacial score (nSPS) is 16.8. The lowest BCUT2D eigenvalue weighted by Crippen LogP contribution is -2.68. The minimum Gasteiger partial charge on any atom is -0.228 e. The van der Waals surface area contributed by atoms with Crippen LogP contribution in [0.15, 0.2) is 48.5 Å². The van der Waals surface area contributed by atoms with Crippen LogP contribution in [-0.2, 0) is 13.1 Å². The van der Waals surface area contributed by atoms with Gasteiger partial charge in [0.2, 0.25) is 0 Å². The zero-order valence-corrected chi connectivity index (χ0v) is 15.3. The minimum absolute atomic E-state index is 1.07. The van der Waals surface area contributed by atoms with Crippen LogP contribution in [0.2, 0.25) is 0 Å². The molecule has 0 amide bonds. The van der Waals surface area contributed by atoms with Crippen LogP contribution in [-0.4, -0.2) is 10.3 Å². The first kappa shape index (κ1) is 19.0. The van der Waals surface area contributed by atoms with E-state index in [-0.39, 0.29) is 0 Å². The Morgan fingerprint density at radius 1 is 0.654 bits per heavy atom. The van der Waals surface area contributed by atoms with Crippen LogP contribution >= 0.6 is 0 Å². The molecule has 1 saturated carbocycles. The third-order valence-electron chi connectivity index (χ3n) is 4.93. The standard InChI is InChI=1S/C20H22N.ClHO4/c1-2-10-18(11-3-1)21-14-16-8-4-6-12-19(16)20-13-7-5-9-17(20)15-21;2-1(3,4)5/h4-9,12-13H,1-3,10-11,14-15H2;(H,2,3,4,5)/q+1;/p-1. The molecular formula is C20H22ClNO4. The lowest BCUT2D eigenvalue weighted by Gasteiger charge is -2.17. The Balaban J connectivity index is 0.000000349. The highest BCUT2D eigenvalue weighted by Crippen LogP contribution is 2.31. The van der Waals surface area contributed by atoms with Crippen molar-refractivity contribution < 1.29 is 33.5 Å². The molecule has 1 aliphatic heterocycles. The molecule has 4 rings (SSSR count). The first-order valence-corrected chi connectivity index (χ1v) is 10.0. The first-order chi connectivity index (χ1) is 12.4. The van der Waals surface area contributed by atoms with Crippen molar-refractivity contribution in [3.05, 3.63) is 59.7 Å². The second-order valence-electron chi connectivity index (χ2n) is 6.68. The molecule has 138 valence electrons. The number of benzene rings is 2. The second kappa shape index (κ2) is 8.29. The fourth-order valence-corrected chi connectivity index (χ4v) is 3.81. The summed E-state index contributed by atoms with van der Waals surface area (Å²) in [5, 5.41) is 0. The molecule has 26 heavy (non-hydrogen) atoms. The summed E-state index contributed by atoms with van der Waals surface area (Å²) in [6.07, 6.45) is 6.74. The van der Waals surface area contributed by atoms with E-state index in [9.17, 15) is 0 Å². The predicted molar refractivity (Wildman–Crippen MR) is 87.6 cm³/mol.